The summed E-state index contributed by atoms with van der Waals surface area (Å²) in [6.45, 7) is 3.48. The number of benzene rings is 2. The van der Waals surface area contributed by atoms with Crippen molar-refractivity contribution in [3.8, 4) is 5.69 Å². The molecule has 2 aromatic carbocycles. The van der Waals surface area contributed by atoms with E-state index in [9.17, 15) is 9.59 Å². The van der Waals surface area contributed by atoms with Gasteiger partial charge < -0.3 is 10.1 Å². The van der Waals surface area contributed by atoms with Gasteiger partial charge in [0, 0.05) is 29.6 Å². The molecule has 0 spiro atoms. The molecule has 30 heavy (non-hydrogen) atoms. The zero-order valence-electron chi connectivity index (χ0n) is 17.1. The van der Waals surface area contributed by atoms with Crippen molar-refractivity contribution in [2.75, 3.05) is 5.32 Å². The highest BCUT2D eigenvalue weighted by atomic mass is 16.1. The first-order chi connectivity index (χ1) is 14.5. The van der Waals surface area contributed by atoms with Gasteiger partial charge in [0.15, 0.2) is 11.1 Å². The molecule has 0 aliphatic carbocycles. The molecule has 0 unspecified atom stereocenters. The predicted octanol–water partition coefficient (Wildman–Crippen LogP) is 4.96. The minimum atomic E-state index is -0.110. The number of hydrogen-bond acceptors (Lipinski definition) is 4. The van der Waals surface area contributed by atoms with Gasteiger partial charge in [0.2, 0.25) is 0 Å². The van der Waals surface area contributed by atoms with Gasteiger partial charge in [-0.15, -0.1) is 0 Å². The van der Waals surface area contributed by atoms with Gasteiger partial charge in [-0.25, -0.2) is 4.98 Å². The summed E-state index contributed by atoms with van der Waals surface area (Å²) in [6, 6.07) is 23.1. The summed E-state index contributed by atoms with van der Waals surface area (Å²) >= 11 is 0. The Morgan fingerprint density at radius 1 is 1.00 bits per heavy atom. The van der Waals surface area contributed by atoms with Crippen LogP contribution in [0.2, 0.25) is 0 Å². The van der Waals surface area contributed by atoms with Crippen molar-refractivity contribution in [2.45, 2.75) is 26.7 Å². The van der Waals surface area contributed by atoms with Crippen molar-refractivity contribution in [1.29, 1.82) is 0 Å². The molecule has 0 aliphatic rings. The number of carbonyl (C=O) groups is 1. The summed E-state index contributed by atoms with van der Waals surface area (Å²) in [7, 11) is 0. The van der Waals surface area contributed by atoms with E-state index in [1.165, 1.54) is 0 Å². The van der Waals surface area contributed by atoms with Crippen LogP contribution in [0.1, 0.15) is 24.6 Å². The van der Waals surface area contributed by atoms with E-state index in [4.69, 9.17) is 4.98 Å². The molecular formula is C25H23N3O2. The minimum absolute atomic E-state index is 0.100. The van der Waals surface area contributed by atoms with Gasteiger partial charge in [-0.1, -0.05) is 36.4 Å². The summed E-state index contributed by atoms with van der Waals surface area (Å²) in [5.41, 5.74) is 3.92. The molecule has 150 valence electrons. The average molecular weight is 397 g/mol. The first kappa shape index (κ1) is 19.6. The lowest BCUT2D eigenvalue weighted by molar-refractivity contribution is -0.116. The number of nitrogens with one attached hydrogen (secondary N) is 1. The van der Waals surface area contributed by atoms with Crippen LogP contribution in [0, 0.1) is 6.92 Å². The average Bonchev–Trinajstić information content (AvgIpc) is 2.73. The van der Waals surface area contributed by atoms with Crippen LogP contribution < -0.4 is 10.7 Å². The molecule has 5 nitrogen and oxygen atoms in total. The largest absolute Gasteiger partial charge is 0.341 e. The maximum atomic E-state index is 13.2. The number of Topliss-reactive ketones (excluding diaryl/α,β-unsaturated/α-hetero) is 1. The lowest BCUT2D eigenvalue weighted by Gasteiger charge is -2.19. The van der Waals surface area contributed by atoms with Crippen LogP contribution in [0.3, 0.4) is 0 Å². The number of fused-ring (bicyclic) bond motifs is 1. The van der Waals surface area contributed by atoms with Crippen LogP contribution in [-0.2, 0) is 11.2 Å². The normalized spacial score (nSPS) is 10.9. The molecule has 0 saturated heterocycles. The molecule has 2 heterocycles. The first-order valence-corrected chi connectivity index (χ1v) is 9.96. The third kappa shape index (κ3) is 4.01. The summed E-state index contributed by atoms with van der Waals surface area (Å²) in [5, 5.41) is 3.92. The predicted molar refractivity (Wildman–Crippen MR) is 121 cm³/mol. The Hall–Kier alpha value is -3.73. The highest BCUT2D eigenvalue weighted by Gasteiger charge is 2.16. The van der Waals surface area contributed by atoms with E-state index in [1.54, 1.807) is 13.0 Å². The Balaban J connectivity index is 2.00. The van der Waals surface area contributed by atoms with Crippen molar-refractivity contribution >= 4 is 28.3 Å². The molecule has 4 rings (SSSR count). The van der Waals surface area contributed by atoms with E-state index in [2.05, 4.69) is 5.32 Å². The summed E-state index contributed by atoms with van der Waals surface area (Å²) < 4.78 is 1.97. The zero-order chi connectivity index (χ0) is 21.1. The van der Waals surface area contributed by atoms with Gasteiger partial charge in [0.25, 0.3) is 0 Å². The van der Waals surface area contributed by atoms with Crippen molar-refractivity contribution in [3.05, 3.63) is 94.3 Å². The highest BCUT2D eigenvalue weighted by molar-refractivity contribution is 5.85. The maximum Gasteiger partial charge on any atom is 0.193 e. The molecule has 0 fully saturated rings. The number of nitrogens with zero attached hydrogens (tertiary/aromatic N) is 2. The van der Waals surface area contributed by atoms with E-state index in [1.807, 2.05) is 78.2 Å². The number of carbonyl (C=O) groups excluding carboxylic acids is 1. The van der Waals surface area contributed by atoms with Gasteiger partial charge in [-0.05, 0) is 56.2 Å². The van der Waals surface area contributed by atoms with Crippen LogP contribution in [-0.4, -0.2) is 15.3 Å². The second kappa shape index (κ2) is 8.33. The second-order valence-corrected chi connectivity index (χ2v) is 7.38. The van der Waals surface area contributed by atoms with Gasteiger partial charge in [-0.2, -0.15) is 0 Å². The zero-order valence-corrected chi connectivity index (χ0v) is 17.1. The number of aryl methyl sites for hydroxylation is 2. The smallest absolute Gasteiger partial charge is 0.193 e. The Labute approximate surface area is 175 Å². The second-order valence-electron chi connectivity index (χ2n) is 7.38. The van der Waals surface area contributed by atoms with Gasteiger partial charge in [0.1, 0.15) is 11.6 Å². The van der Waals surface area contributed by atoms with E-state index >= 15 is 0 Å². The number of para-hydroxylation sites is 2. The third-order valence-electron chi connectivity index (χ3n) is 4.98. The molecule has 0 atom stereocenters. The molecule has 1 N–H and O–H groups in total. The number of ketones is 1. The molecule has 0 saturated carbocycles. The van der Waals surface area contributed by atoms with E-state index in [-0.39, 0.29) is 11.2 Å². The molecule has 0 radical (unpaired) electrons. The first-order valence-electron chi connectivity index (χ1n) is 9.96. The number of rotatable bonds is 6. The number of hydrogen-bond donors (Lipinski definition) is 1. The summed E-state index contributed by atoms with van der Waals surface area (Å²) in [5.74, 6) is 0.740. The Bertz CT molecular complexity index is 1260. The van der Waals surface area contributed by atoms with Crippen LogP contribution >= 0.6 is 0 Å². The van der Waals surface area contributed by atoms with Crippen molar-refractivity contribution < 1.29 is 4.79 Å². The van der Waals surface area contributed by atoms with E-state index in [0.717, 1.165) is 22.6 Å². The fourth-order valence-electron chi connectivity index (χ4n) is 3.64. The topological polar surface area (TPSA) is 64.0 Å². The van der Waals surface area contributed by atoms with Crippen molar-refractivity contribution in [1.82, 2.24) is 9.55 Å². The number of anilines is 2. The molecular weight excluding hydrogens is 374 g/mol. The summed E-state index contributed by atoms with van der Waals surface area (Å²) in [4.78, 5) is 29.5. The Morgan fingerprint density at radius 3 is 2.33 bits per heavy atom. The van der Waals surface area contributed by atoms with Crippen LogP contribution in [0.5, 0.6) is 0 Å². The summed E-state index contributed by atoms with van der Waals surface area (Å²) in [6.07, 6.45) is 0.915. The Morgan fingerprint density at radius 2 is 1.67 bits per heavy atom. The van der Waals surface area contributed by atoms with Crippen molar-refractivity contribution in [2.24, 2.45) is 0 Å². The fraction of sp³-hybridized carbons (Fsp3) is 0.160. The SMILES string of the molecule is CC(=O)CCc1cc(C)nc2c1c(=O)cc(Nc1ccccc1)n2-c1ccccc1. The Kier molecular flexibility index (Phi) is 5.44. The molecule has 5 heteroatoms. The standard InChI is InChI=1S/C25H23N3O2/c1-17-15-19(14-13-18(2)29)24-22(30)16-23(27-20-9-5-3-6-10-20)28(25(24)26-17)21-11-7-4-8-12-21/h3-12,15-16,27H,13-14H2,1-2H3. The fourth-order valence-corrected chi connectivity index (χ4v) is 3.64. The van der Waals surface area contributed by atoms with Gasteiger partial charge in [0.05, 0.1) is 5.39 Å². The van der Waals surface area contributed by atoms with Gasteiger partial charge in [-0.3, -0.25) is 9.36 Å². The molecule has 4 aromatic rings. The molecule has 0 bridgehead atoms. The number of pyridine rings is 2. The van der Waals surface area contributed by atoms with Crippen LogP contribution in [0.15, 0.2) is 77.6 Å². The van der Waals surface area contributed by atoms with Crippen LogP contribution in [0.4, 0.5) is 11.5 Å². The molecule has 0 amide bonds. The number of aromatic nitrogens is 2. The minimum Gasteiger partial charge on any atom is -0.341 e. The lowest BCUT2D eigenvalue weighted by atomic mass is 10.0. The molecule has 2 aromatic heterocycles. The third-order valence-corrected chi connectivity index (χ3v) is 4.98. The lowest BCUT2D eigenvalue weighted by Crippen LogP contribution is -2.16. The van der Waals surface area contributed by atoms with Crippen molar-refractivity contribution in [3.63, 3.8) is 0 Å². The monoisotopic (exact) mass is 397 g/mol. The maximum absolute atomic E-state index is 13.2. The van der Waals surface area contributed by atoms with E-state index < -0.39 is 0 Å². The molecule has 0 aliphatic heterocycles. The highest BCUT2D eigenvalue weighted by Crippen LogP contribution is 2.26. The van der Waals surface area contributed by atoms with E-state index in [0.29, 0.717) is 29.7 Å². The quantitative estimate of drug-likeness (QED) is 0.499. The van der Waals surface area contributed by atoms with Gasteiger partial charge >= 0.3 is 0 Å². The van der Waals surface area contributed by atoms with Crippen LogP contribution in [0.25, 0.3) is 16.7 Å².